The van der Waals surface area contributed by atoms with Crippen LogP contribution in [0.5, 0.6) is 0 Å². The Kier molecular flexibility index (Phi) is 48.4. The highest BCUT2D eigenvalue weighted by atomic mass is 16.7. The zero-order valence-electron chi connectivity index (χ0n) is 48.4. The van der Waals surface area contributed by atoms with Gasteiger partial charge < -0.3 is 39.0 Å². The standard InChI is InChI=1S/C65H108O12/c1-4-7-10-13-16-19-22-25-27-28-29-30-32-34-36-39-42-45-48-51-57(66)73-54-56(75-58(67)52-49-46-43-40-38-35-31-26-23-20-17-14-11-8-5-2)55-74-65-63(61(70)60(69)62(77-65)64(71)72)76-59(68)53-50-47-44-41-37-33-24-21-18-15-12-9-6-3/h7,10,12,15-16,19,21,24-25,27,29-30,34,36,56,60-63,65,69-70H,4-6,8-9,11,13-14,17-18,20,22-23,26,28,31-33,35,37-55H2,1-3H3,(H,71,72)/b10-7-,15-12-,19-16-,24-21-,27-25-,30-29-,36-34-. The summed E-state index contributed by atoms with van der Waals surface area (Å²) >= 11 is 0. The number of allylic oxidation sites excluding steroid dienone is 14. The zero-order valence-corrected chi connectivity index (χ0v) is 48.4. The van der Waals surface area contributed by atoms with Crippen molar-refractivity contribution in [1.29, 1.82) is 0 Å². The minimum absolute atomic E-state index is 0.0390. The Morgan fingerprint density at radius 2 is 0.844 bits per heavy atom. The lowest BCUT2D eigenvalue weighted by Crippen LogP contribution is -2.61. The zero-order chi connectivity index (χ0) is 56.1. The van der Waals surface area contributed by atoms with Crippen molar-refractivity contribution in [2.24, 2.45) is 0 Å². The number of esters is 3. The van der Waals surface area contributed by atoms with Crippen LogP contribution in [0.25, 0.3) is 0 Å². The molecule has 6 atom stereocenters. The molecule has 12 nitrogen and oxygen atoms in total. The molecule has 0 aromatic heterocycles. The Morgan fingerprint density at radius 1 is 0.442 bits per heavy atom. The largest absolute Gasteiger partial charge is 0.479 e. The van der Waals surface area contributed by atoms with E-state index in [0.29, 0.717) is 19.3 Å². The lowest BCUT2D eigenvalue weighted by atomic mass is 9.98. The summed E-state index contributed by atoms with van der Waals surface area (Å²) in [5.41, 5.74) is 0. The third-order valence-corrected chi connectivity index (χ3v) is 13.4. The van der Waals surface area contributed by atoms with Gasteiger partial charge in [-0.1, -0.05) is 228 Å². The van der Waals surface area contributed by atoms with Gasteiger partial charge in [-0.3, -0.25) is 14.4 Å². The van der Waals surface area contributed by atoms with Crippen LogP contribution in [-0.2, 0) is 42.9 Å². The highest BCUT2D eigenvalue weighted by Gasteiger charge is 2.50. The van der Waals surface area contributed by atoms with Gasteiger partial charge in [-0.15, -0.1) is 0 Å². The van der Waals surface area contributed by atoms with Crippen LogP contribution in [0.3, 0.4) is 0 Å². The highest BCUT2D eigenvalue weighted by molar-refractivity contribution is 5.74. The minimum Gasteiger partial charge on any atom is -0.479 e. The van der Waals surface area contributed by atoms with Gasteiger partial charge in [0.1, 0.15) is 18.8 Å². The van der Waals surface area contributed by atoms with Gasteiger partial charge in [0, 0.05) is 19.3 Å². The first kappa shape index (κ1) is 70.9. The fraction of sp³-hybridized carbons (Fsp3) is 0.723. The van der Waals surface area contributed by atoms with E-state index < -0.39 is 67.3 Å². The van der Waals surface area contributed by atoms with E-state index in [2.05, 4.69) is 106 Å². The number of ether oxygens (including phenoxy) is 5. The van der Waals surface area contributed by atoms with Gasteiger partial charge in [-0.05, 0) is 89.9 Å². The second-order valence-corrected chi connectivity index (χ2v) is 20.6. The van der Waals surface area contributed by atoms with Gasteiger partial charge in [0.25, 0.3) is 0 Å². The second kappa shape index (κ2) is 52.6. The summed E-state index contributed by atoms with van der Waals surface area (Å²) < 4.78 is 28.4. The fourth-order valence-electron chi connectivity index (χ4n) is 8.79. The van der Waals surface area contributed by atoms with Gasteiger partial charge >= 0.3 is 23.9 Å². The molecule has 6 unspecified atom stereocenters. The minimum atomic E-state index is -1.91. The maximum atomic E-state index is 13.2. The van der Waals surface area contributed by atoms with Crippen molar-refractivity contribution in [3.05, 3.63) is 85.1 Å². The molecule has 0 spiro atoms. The summed E-state index contributed by atoms with van der Waals surface area (Å²) in [5.74, 6) is -3.18. The summed E-state index contributed by atoms with van der Waals surface area (Å²) in [4.78, 5) is 51.2. The van der Waals surface area contributed by atoms with E-state index in [1.54, 1.807) is 0 Å². The highest BCUT2D eigenvalue weighted by Crippen LogP contribution is 2.26. The topological polar surface area (TPSA) is 175 Å². The number of aliphatic carboxylic acids is 1. The molecular formula is C65H108O12. The van der Waals surface area contributed by atoms with Crippen molar-refractivity contribution >= 4 is 23.9 Å². The molecule has 0 aromatic rings. The van der Waals surface area contributed by atoms with E-state index >= 15 is 0 Å². The predicted octanol–water partition coefficient (Wildman–Crippen LogP) is 15.9. The van der Waals surface area contributed by atoms with Crippen LogP contribution >= 0.6 is 0 Å². The third kappa shape index (κ3) is 42.5. The normalized spacial score (nSPS) is 18.6. The summed E-state index contributed by atoms with van der Waals surface area (Å²) in [7, 11) is 0. The van der Waals surface area contributed by atoms with Gasteiger partial charge in [-0.25, -0.2) is 4.79 Å². The maximum Gasteiger partial charge on any atom is 0.335 e. The molecule has 77 heavy (non-hydrogen) atoms. The molecule has 1 aliphatic heterocycles. The van der Waals surface area contributed by atoms with Crippen LogP contribution < -0.4 is 0 Å². The summed E-state index contributed by atoms with van der Waals surface area (Å²) in [6, 6.07) is 0. The number of aliphatic hydroxyl groups excluding tert-OH is 2. The molecule has 0 amide bonds. The molecule has 0 bridgehead atoms. The monoisotopic (exact) mass is 1080 g/mol. The number of hydrogen-bond acceptors (Lipinski definition) is 11. The van der Waals surface area contributed by atoms with E-state index in [0.717, 1.165) is 122 Å². The van der Waals surface area contributed by atoms with Gasteiger partial charge in [0.15, 0.2) is 24.6 Å². The van der Waals surface area contributed by atoms with Gasteiger partial charge in [0.2, 0.25) is 0 Å². The van der Waals surface area contributed by atoms with Gasteiger partial charge in [0.05, 0.1) is 6.61 Å². The predicted molar refractivity (Wildman–Crippen MR) is 312 cm³/mol. The van der Waals surface area contributed by atoms with Crippen molar-refractivity contribution in [1.82, 2.24) is 0 Å². The van der Waals surface area contributed by atoms with Crippen LogP contribution in [-0.4, -0.2) is 89.2 Å². The average molecular weight is 1080 g/mol. The number of carboxylic acid groups (broad SMARTS) is 1. The fourth-order valence-corrected chi connectivity index (χ4v) is 8.79. The molecule has 0 aliphatic carbocycles. The SMILES string of the molecule is CC/C=C\C/C=C\C/C=C\C/C=C\C/C=C\CCCCCC(=O)OCC(COC1OC(C(=O)O)C(O)C(O)C1OC(=O)CCCCCCC/C=C\C/C=C\CCC)OC(=O)CCCCCCCCCCCCCCCCC. The molecular weight excluding hydrogens is 973 g/mol. The molecule has 0 aromatic carbocycles. The number of rotatable bonds is 51. The Labute approximate surface area is 467 Å². The molecule has 1 rings (SSSR count). The molecule has 1 saturated heterocycles. The second-order valence-electron chi connectivity index (χ2n) is 20.6. The molecule has 0 saturated carbocycles. The number of unbranched alkanes of at least 4 members (excludes halogenated alkanes) is 23. The van der Waals surface area contributed by atoms with Crippen LogP contribution in [0.1, 0.15) is 252 Å². The molecule has 1 aliphatic rings. The smallest absolute Gasteiger partial charge is 0.335 e. The van der Waals surface area contributed by atoms with Crippen LogP contribution in [0.15, 0.2) is 85.1 Å². The van der Waals surface area contributed by atoms with Crippen LogP contribution in [0.2, 0.25) is 0 Å². The first-order valence-corrected chi connectivity index (χ1v) is 30.6. The van der Waals surface area contributed by atoms with Crippen LogP contribution in [0, 0.1) is 0 Å². The van der Waals surface area contributed by atoms with Gasteiger partial charge in [-0.2, -0.15) is 0 Å². The molecule has 3 N–H and O–H groups in total. The van der Waals surface area contributed by atoms with E-state index in [1.165, 1.54) is 70.6 Å². The Balaban J connectivity index is 2.71. The number of carbonyl (C=O) groups is 4. The Morgan fingerprint density at radius 3 is 1.31 bits per heavy atom. The van der Waals surface area contributed by atoms with Crippen LogP contribution in [0.4, 0.5) is 0 Å². The lowest BCUT2D eigenvalue weighted by Gasteiger charge is -2.40. The van der Waals surface area contributed by atoms with E-state index in [1.807, 2.05) is 0 Å². The van der Waals surface area contributed by atoms with Crippen molar-refractivity contribution in [2.45, 2.75) is 289 Å². The van der Waals surface area contributed by atoms with Crippen molar-refractivity contribution < 1.29 is 58.2 Å². The first-order valence-electron chi connectivity index (χ1n) is 30.6. The Bertz CT molecular complexity index is 1660. The number of carbonyl (C=O) groups excluding carboxylic acids is 3. The molecule has 1 heterocycles. The average Bonchev–Trinajstić information content (AvgIpc) is 3.42. The third-order valence-electron chi connectivity index (χ3n) is 13.4. The summed E-state index contributed by atoms with van der Waals surface area (Å²) in [6.07, 6.45) is 55.5. The van der Waals surface area contributed by atoms with E-state index in [4.69, 9.17) is 23.7 Å². The molecule has 440 valence electrons. The molecule has 0 radical (unpaired) electrons. The van der Waals surface area contributed by atoms with E-state index in [9.17, 15) is 34.5 Å². The number of aliphatic hydroxyl groups is 2. The number of hydrogen-bond donors (Lipinski definition) is 3. The number of carboxylic acids is 1. The van der Waals surface area contributed by atoms with Crippen molar-refractivity contribution in [3.8, 4) is 0 Å². The first-order chi connectivity index (χ1) is 37.6. The van der Waals surface area contributed by atoms with Crippen molar-refractivity contribution in [3.63, 3.8) is 0 Å². The summed E-state index contributed by atoms with van der Waals surface area (Å²) in [6.45, 7) is 5.79. The maximum absolute atomic E-state index is 13.2. The van der Waals surface area contributed by atoms with E-state index in [-0.39, 0.29) is 25.9 Å². The molecule has 12 heteroatoms. The molecule has 1 fully saturated rings. The summed E-state index contributed by atoms with van der Waals surface area (Å²) in [5, 5.41) is 31.5. The quantitative estimate of drug-likeness (QED) is 0.0228. The van der Waals surface area contributed by atoms with Crippen molar-refractivity contribution in [2.75, 3.05) is 13.2 Å². The lowest BCUT2D eigenvalue weighted by molar-refractivity contribution is -0.301. The Hall–Kier alpha value is -4.10.